The Morgan fingerprint density at radius 3 is 3.05 bits per heavy atom. The normalized spacial score (nSPS) is 34.7. The summed E-state index contributed by atoms with van der Waals surface area (Å²) in [5.41, 5.74) is 2.36. The molecule has 7 heteroatoms. The molecule has 0 spiro atoms. The summed E-state index contributed by atoms with van der Waals surface area (Å²) < 4.78 is 18.6. The van der Waals surface area contributed by atoms with Gasteiger partial charge in [-0.25, -0.2) is 4.39 Å². The fourth-order valence-corrected chi connectivity index (χ4v) is 2.61. The van der Waals surface area contributed by atoms with Gasteiger partial charge >= 0.3 is 5.97 Å². The molecule has 0 aromatic rings. The smallest absolute Gasteiger partial charge is 0.328 e. The third kappa shape index (κ3) is 4.06. The summed E-state index contributed by atoms with van der Waals surface area (Å²) in [5.74, 6) is -0.296. The Hall–Kier alpha value is -0.850. The van der Waals surface area contributed by atoms with Crippen LogP contribution in [0.3, 0.4) is 0 Å². The van der Waals surface area contributed by atoms with E-state index in [0.717, 1.165) is 6.42 Å². The molecule has 4 unspecified atom stereocenters. The number of carboxylic acids is 1. The average Bonchev–Trinajstić information content (AvgIpc) is 2.83. The molecule has 1 aliphatic carbocycles. The largest absolute Gasteiger partial charge is 0.480 e. The van der Waals surface area contributed by atoms with E-state index in [1.54, 1.807) is 0 Å². The van der Waals surface area contributed by atoms with Gasteiger partial charge in [-0.15, -0.1) is 17.1 Å². The van der Waals surface area contributed by atoms with Crippen molar-refractivity contribution in [2.24, 2.45) is 5.92 Å². The second kappa shape index (κ2) is 6.54. The highest BCUT2D eigenvalue weighted by Crippen LogP contribution is 2.30. The Kier molecular flexibility index (Phi) is 5.01. The molecular weight excluding hydrogens is 277 g/mol. The van der Waals surface area contributed by atoms with E-state index in [0.29, 0.717) is 25.2 Å². The lowest BCUT2D eigenvalue weighted by Crippen LogP contribution is -2.29. The molecule has 5 nitrogen and oxygen atoms in total. The molecule has 1 heterocycles. The monoisotopic (exact) mass is 293 g/mol. The van der Waals surface area contributed by atoms with Gasteiger partial charge in [-0.2, -0.15) is 0 Å². The number of hydroxylamine groups is 1. The summed E-state index contributed by atoms with van der Waals surface area (Å²) in [4.78, 5) is 15.6. The van der Waals surface area contributed by atoms with Crippen LogP contribution in [0.5, 0.6) is 0 Å². The minimum absolute atomic E-state index is 0.208. The SMILES string of the molecule is O=C(O)C1C=C(COCC2CCC(F)C(Cl)C2)ON1. The number of hydrogen-bond acceptors (Lipinski definition) is 4. The van der Waals surface area contributed by atoms with Gasteiger partial charge in [-0.1, -0.05) is 0 Å². The number of ether oxygens (including phenoxy) is 1. The zero-order chi connectivity index (χ0) is 13.8. The zero-order valence-corrected chi connectivity index (χ0v) is 11.1. The lowest BCUT2D eigenvalue weighted by atomic mass is 9.88. The molecule has 4 atom stereocenters. The van der Waals surface area contributed by atoms with Crippen LogP contribution in [0, 0.1) is 5.92 Å². The number of hydrogen-bond donors (Lipinski definition) is 2. The van der Waals surface area contributed by atoms with E-state index in [9.17, 15) is 9.18 Å². The molecule has 1 aliphatic heterocycles. The van der Waals surface area contributed by atoms with Crippen LogP contribution >= 0.6 is 11.6 Å². The third-order valence-corrected chi connectivity index (χ3v) is 3.79. The van der Waals surface area contributed by atoms with Crippen LogP contribution < -0.4 is 5.48 Å². The number of alkyl halides is 2. The molecule has 2 aliphatic rings. The quantitative estimate of drug-likeness (QED) is 0.754. The summed E-state index contributed by atoms with van der Waals surface area (Å²) in [6.07, 6.45) is 2.40. The molecule has 1 fully saturated rings. The van der Waals surface area contributed by atoms with E-state index in [1.165, 1.54) is 6.08 Å². The molecular formula is C12H17ClFNO4. The lowest BCUT2D eigenvalue weighted by molar-refractivity contribution is -0.140. The van der Waals surface area contributed by atoms with Crippen molar-refractivity contribution in [3.63, 3.8) is 0 Å². The van der Waals surface area contributed by atoms with Gasteiger partial charge < -0.3 is 14.7 Å². The number of carbonyl (C=O) groups is 1. The van der Waals surface area contributed by atoms with Gasteiger partial charge in [0.15, 0.2) is 6.04 Å². The van der Waals surface area contributed by atoms with Crippen molar-refractivity contribution in [2.45, 2.75) is 36.9 Å². The molecule has 2 rings (SSSR count). The first-order chi connectivity index (χ1) is 9.06. The number of aliphatic carboxylic acids is 1. The van der Waals surface area contributed by atoms with Crippen LogP contribution in [0.15, 0.2) is 11.8 Å². The van der Waals surface area contributed by atoms with Gasteiger partial charge in [0, 0.05) is 0 Å². The van der Waals surface area contributed by atoms with E-state index in [-0.39, 0.29) is 12.5 Å². The van der Waals surface area contributed by atoms with Crippen molar-refractivity contribution < 1.29 is 23.9 Å². The molecule has 108 valence electrons. The number of carboxylic acid groups (broad SMARTS) is 1. The maximum absolute atomic E-state index is 13.2. The first-order valence-electron chi connectivity index (χ1n) is 6.28. The van der Waals surface area contributed by atoms with E-state index >= 15 is 0 Å². The first kappa shape index (κ1) is 14.6. The fraction of sp³-hybridized carbons (Fsp3) is 0.750. The second-order valence-electron chi connectivity index (χ2n) is 4.89. The predicted molar refractivity (Wildman–Crippen MR) is 66.4 cm³/mol. The molecule has 0 saturated heterocycles. The van der Waals surface area contributed by atoms with Crippen LogP contribution in [-0.2, 0) is 14.4 Å². The van der Waals surface area contributed by atoms with Crippen LogP contribution in [0.25, 0.3) is 0 Å². The average molecular weight is 294 g/mol. The lowest BCUT2D eigenvalue weighted by Gasteiger charge is -2.28. The number of nitrogens with one attached hydrogen (secondary N) is 1. The van der Waals surface area contributed by atoms with E-state index in [4.69, 9.17) is 26.3 Å². The van der Waals surface area contributed by atoms with Crippen molar-refractivity contribution in [3.05, 3.63) is 11.8 Å². The van der Waals surface area contributed by atoms with Gasteiger partial charge in [0.25, 0.3) is 0 Å². The number of halogens is 2. The van der Waals surface area contributed by atoms with Gasteiger partial charge in [0.1, 0.15) is 18.5 Å². The van der Waals surface area contributed by atoms with Crippen molar-refractivity contribution in [3.8, 4) is 0 Å². The highest BCUT2D eigenvalue weighted by atomic mass is 35.5. The van der Waals surface area contributed by atoms with Gasteiger partial charge in [-0.05, 0) is 31.3 Å². The topological polar surface area (TPSA) is 67.8 Å². The van der Waals surface area contributed by atoms with E-state index in [1.807, 2.05) is 0 Å². The summed E-state index contributed by atoms with van der Waals surface area (Å²) in [6, 6.07) is -0.826. The van der Waals surface area contributed by atoms with Gasteiger partial charge in [0.05, 0.1) is 12.0 Å². The molecule has 0 aromatic heterocycles. The summed E-state index contributed by atoms with van der Waals surface area (Å²) >= 11 is 5.88. The van der Waals surface area contributed by atoms with E-state index < -0.39 is 23.6 Å². The van der Waals surface area contributed by atoms with Crippen molar-refractivity contribution in [1.82, 2.24) is 5.48 Å². The summed E-state index contributed by atoms with van der Waals surface area (Å²) in [6.45, 7) is 0.688. The Bertz CT molecular complexity index is 366. The standard InChI is InChI=1S/C12H17ClFNO4/c13-9-3-7(1-2-10(9)14)5-18-6-8-4-11(12(16)17)15-19-8/h4,7,9-11,15H,1-3,5-6H2,(H,16,17). The molecule has 0 aromatic carbocycles. The Morgan fingerprint density at radius 1 is 1.63 bits per heavy atom. The maximum Gasteiger partial charge on any atom is 0.328 e. The fourth-order valence-electron chi connectivity index (χ4n) is 2.23. The maximum atomic E-state index is 13.2. The molecule has 0 amide bonds. The Morgan fingerprint density at radius 2 is 2.42 bits per heavy atom. The highest BCUT2D eigenvalue weighted by molar-refractivity contribution is 6.21. The zero-order valence-electron chi connectivity index (χ0n) is 10.4. The summed E-state index contributed by atoms with van der Waals surface area (Å²) in [7, 11) is 0. The molecule has 0 bridgehead atoms. The van der Waals surface area contributed by atoms with Gasteiger partial charge in [0.2, 0.25) is 0 Å². The van der Waals surface area contributed by atoms with Crippen LogP contribution in [0.1, 0.15) is 19.3 Å². The van der Waals surface area contributed by atoms with Crippen LogP contribution in [0.2, 0.25) is 0 Å². The van der Waals surface area contributed by atoms with Crippen LogP contribution in [0.4, 0.5) is 4.39 Å². The Balaban J connectivity index is 1.67. The van der Waals surface area contributed by atoms with Crippen molar-refractivity contribution in [2.75, 3.05) is 13.2 Å². The Labute approximate surface area is 115 Å². The highest BCUT2D eigenvalue weighted by Gasteiger charge is 2.29. The number of rotatable bonds is 5. The van der Waals surface area contributed by atoms with Crippen molar-refractivity contribution >= 4 is 17.6 Å². The molecule has 1 saturated carbocycles. The van der Waals surface area contributed by atoms with Crippen molar-refractivity contribution in [1.29, 1.82) is 0 Å². The third-order valence-electron chi connectivity index (χ3n) is 3.34. The molecule has 0 radical (unpaired) electrons. The minimum Gasteiger partial charge on any atom is -0.480 e. The van der Waals surface area contributed by atoms with Gasteiger partial charge in [-0.3, -0.25) is 4.79 Å². The summed E-state index contributed by atoms with van der Waals surface area (Å²) in [5, 5.41) is 8.31. The second-order valence-corrected chi connectivity index (χ2v) is 5.46. The predicted octanol–water partition coefficient (Wildman–Crippen LogP) is 1.62. The van der Waals surface area contributed by atoms with Crippen LogP contribution in [-0.4, -0.2) is 41.9 Å². The first-order valence-corrected chi connectivity index (χ1v) is 6.71. The molecule has 2 N–H and O–H groups in total. The minimum atomic E-state index is -0.999. The van der Waals surface area contributed by atoms with E-state index in [2.05, 4.69) is 5.48 Å². The molecule has 19 heavy (non-hydrogen) atoms.